The van der Waals surface area contributed by atoms with Gasteiger partial charge < -0.3 is 5.32 Å². The maximum Gasteiger partial charge on any atom is 0.230 e. The maximum atomic E-state index is 12.4. The number of aromatic nitrogens is 2. The minimum atomic E-state index is -0.0137. The second kappa shape index (κ2) is 9.09. The van der Waals surface area contributed by atoms with E-state index >= 15 is 0 Å². The van der Waals surface area contributed by atoms with Gasteiger partial charge in [-0.2, -0.15) is 0 Å². The lowest BCUT2D eigenvalue weighted by Crippen LogP contribution is -2.24. The number of hydrogen-bond donors (Lipinski definition) is 1. The zero-order valence-corrected chi connectivity index (χ0v) is 17.9. The largest absolute Gasteiger partial charge is 0.351 e. The second-order valence-corrected chi connectivity index (χ2v) is 8.25. The Balaban J connectivity index is 1.50. The average molecular weight is 414 g/mol. The average Bonchev–Trinajstić information content (AvgIpc) is 2.77. The van der Waals surface area contributed by atoms with Crippen molar-refractivity contribution in [2.45, 2.75) is 25.4 Å². The van der Waals surface area contributed by atoms with E-state index in [1.165, 1.54) is 22.9 Å². The molecule has 0 atom stereocenters. The molecule has 4 nitrogen and oxygen atoms in total. The molecule has 1 aromatic heterocycles. The Morgan fingerprint density at radius 3 is 2.27 bits per heavy atom. The van der Waals surface area contributed by atoms with Crippen molar-refractivity contribution in [3.05, 3.63) is 89.5 Å². The third kappa shape index (κ3) is 4.86. The molecule has 0 aliphatic heterocycles. The highest BCUT2D eigenvalue weighted by molar-refractivity contribution is 8.00. The summed E-state index contributed by atoms with van der Waals surface area (Å²) < 4.78 is 0. The van der Waals surface area contributed by atoms with Crippen LogP contribution in [0.4, 0.5) is 0 Å². The van der Waals surface area contributed by atoms with Crippen LogP contribution in [0.5, 0.6) is 0 Å². The fraction of sp³-hybridized carbons (Fsp3) is 0.160. The van der Waals surface area contributed by atoms with Crippen LogP contribution >= 0.6 is 11.8 Å². The standard InChI is InChI=1S/C25H23N3OS/c1-17-7-11-19(12-8-17)15-26-23(29)16-30-25-21-5-3-4-6-22(21)27-24(28-25)20-13-9-18(2)10-14-20/h3-14H,15-16H2,1-2H3,(H,26,29). The van der Waals surface area contributed by atoms with E-state index in [4.69, 9.17) is 9.97 Å². The molecule has 4 rings (SSSR count). The van der Waals surface area contributed by atoms with Gasteiger partial charge in [-0.1, -0.05) is 89.6 Å². The number of hydrogen-bond acceptors (Lipinski definition) is 4. The van der Waals surface area contributed by atoms with Crippen LogP contribution in [-0.2, 0) is 11.3 Å². The molecule has 0 aliphatic carbocycles. The van der Waals surface area contributed by atoms with Crippen LogP contribution in [0, 0.1) is 13.8 Å². The summed E-state index contributed by atoms with van der Waals surface area (Å²) in [4.78, 5) is 21.9. The number of para-hydroxylation sites is 1. The Hall–Kier alpha value is -3.18. The predicted molar refractivity (Wildman–Crippen MR) is 123 cm³/mol. The molecule has 0 fully saturated rings. The van der Waals surface area contributed by atoms with Gasteiger partial charge in [-0.15, -0.1) is 0 Å². The van der Waals surface area contributed by atoms with Gasteiger partial charge in [0.15, 0.2) is 5.82 Å². The van der Waals surface area contributed by atoms with Crippen LogP contribution < -0.4 is 5.32 Å². The van der Waals surface area contributed by atoms with Crippen LogP contribution in [0.25, 0.3) is 22.3 Å². The summed E-state index contributed by atoms with van der Waals surface area (Å²) in [7, 11) is 0. The van der Waals surface area contributed by atoms with Gasteiger partial charge in [-0.3, -0.25) is 4.79 Å². The van der Waals surface area contributed by atoms with E-state index in [0.717, 1.165) is 27.1 Å². The first-order chi connectivity index (χ1) is 14.6. The fourth-order valence-electron chi connectivity index (χ4n) is 3.08. The van der Waals surface area contributed by atoms with Gasteiger partial charge in [0.1, 0.15) is 5.03 Å². The molecule has 0 unspecified atom stereocenters. The van der Waals surface area contributed by atoms with Crippen molar-refractivity contribution in [2.75, 3.05) is 5.75 Å². The third-order valence-corrected chi connectivity index (χ3v) is 5.82. The van der Waals surface area contributed by atoms with E-state index in [1.54, 1.807) is 0 Å². The first-order valence-corrected chi connectivity index (χ1v) is 10.9. The van der Waals surface area contributed by atoms with E-state index in [2.05, 4.69) is 43.4 Å². The smallest absolute Gasteiger partial charge is 0.230 e. The molecule has 1 heterocycles. The summed E-state index contributed by atoms with van der Waals surface area (Å²) in [5.41, 5.74) is 5.34. The summed E-state index contributed by atoms with van der Waals surface area (Å²) in [6, 6.07) is 24.3. The summed E-state index contributed by atoms with van der Waals surface area (Å²) in [6.07, 6.45) is 0. The monoisotopic (exact) mass is 413 g/mol. The first kappa shape index (κ1) is 20.1. The van der Waals surface area contributed by atoms with Crippen molar-refractivity contribution in [2.24, 2.45) is 0 Å². The second-order valence-electron chi connectivity index (χ2n) is 7.29. The SMILES string of the molecule is Cc1ccc(CNC(=O)CSc2nc(-c3ccc(C)cc3)nc3ccccc23)cc1. The summed E-state index contributed by atoms with van der Waals surface area (Å²) >= 11 is 1.44. The van der Waals surface area contributed by atoms with Crippen molar-refractivity contribution >= 4 is 28.6 Å². The first-order valence-electron chi connectivity index (χ1n) is 9.87. The molecule has 0 saturated carbocycles. The Kier molecular flexibility index (Phi) is 6.10. The summed E-state index contributed by atoms with van der Waals surface area (Å²) in [6.45, 7) is 4.64. The molecule has 0 spiro atoms. The van der Waals surface area contributed by atoms with Crippen molar-refractivity contribution < 1.29 is 4.79 Å². The van der Waals surface area contributed by atoms with E-state index in [0.29, 0.717) is 18.1 Å². The number of fused-ring (bicyclic) bond motifs is 1. The lowest BCUT2D eigenvalue weighted by Gasteiger charge is -2.09. The Labute approximate surface area is 180 Å². The van der Waals surface area contributed by atoms with Crippen LogP contribution in [0.15, 0.2) is 77.8 Å². The highest BCUT2D eigenvalue weighted by Crippen LogP contribution is 2.28. The molecule has 4 aromatic rings. The van der Waals surface area contributed by atoms with E-state index < -0.39 is 0 Å². The normalized spacial score (nSPS) is 10.9. The number of nitrogens with zero attached hydrogens (tertiary/aromatic N) is 2. The summed E-state index contributed by atoms with van der Waals surface area (Å²) in [5, 5.41) is 4.77. The molecule has 0 bridgehead atoms. The highest BCUT2D eigenvalue weighted by Gasteiger charge is 2.12. The minimum absolute atomic E-state index is 0.0137. The van der Waals surface area contributed by atoms with Crippen LogP contribution in [0.2, 0.25) is 0 Å². The number of rotatable bonds is 6. The molecule has 1 N–H and O–H groups in total. The van der Waals surface area contributed by atoms with Gasteiger partial charge in [0.2, 0.25) is 5.91 Å². The molecule has 1 amide bonds. The van der Waals surface area contributed by atoms with Crippen LogP contribution in [-0.4, -0.2) is 21.6 Å². The molecule has 0 radical (unpaired) electrons. The number of amides is 1. The Bertz CT molecular complexity index is 1170. The lowest BCUT2D eigenvalue weighted by atomic mass is 10.1. The van der Waals surface area contributed by atoms with Gasteiger partial charge >= 0.3 is 0 Å². The molecule has 0 aliphatic rings. The topological polar surface area (TPSA) is 54.9 Å². The van der Waals surface area contributed by atoms with E-state index in [1.807, 2.05) is 48.5 Å². The van der Waals surface area contributed by atoms with Crippen LogP contribution in [0.1, 0.15) is 16.7 Å². The summed E-state index contributed by atoms with van der Waals surface area (Å²) in [5.74, 6) is 0.969. The molecule has 30 heavy (non-hydrogen) atoms. The Morgan fingerprint density at radius 2 is 1.53 bits per heavy atom. The van der Waals surface area contributed by atoms with Gasteiger partial charge in [0.25, 0.3) is 0 Å². The van der Waals surface area contributed by atoms with Gasteiger partial charge in [-0.25, -0.2) is 9.97 Å². The maximum absolute atomic E-state index is 12.4. The zero-order valence-electron chi connectivity index (χ0n) is 17.1. The fourth-order valence-corrected chi connectivity index (χ4v) is 3.93. The lowest BCUT2D eigenvalue weighted by molar-refractivity contribution is -0.118. The van der Waals surface area contributed by atoms with Gasteiger partial charge in [0.05, 0.1) is 11.3 Å². The third-order valence-electron chi connectivity index (χ3n) is 4.83. The van der Waals surface area contributed by atoms with Gasteiger partial charge in [-0.05, 0) is 25.5 Å². The van der Waals surface area contributed by atoms with Crippen molar-refractivity contribution in [3.8, 4) is 11.4 Å². The van der Waals surface area contributed by atoms with E-state index in [-0.39, 0.29) is 5.91 Å². The Morgan fingerprint density at radius 1 is 0.867 bits per heavy atom. The van der Waals surface area contributed by atoms with E-state index in [9.17, 15) is 4.79 Å². The molecule has 0 saturated heterocycles. The van der Waals surface area contributed by atoms with Crippen LogP contribution in [0.3, 0.4) is 0 Å². The number of carbonyl (C=O) groups is 1. The predicted octanol–water partition coefficient (Wildman–Crippen LogP) is 5.32. The molecule has 3 aromatic carbocycles. The zero-order chi connectivity index (χ0) is 20.9. The number of nitrogens with one attached hydrogen (secondary N) is 1. The molecule has 150 valence electrons. The quantitative estimate of drug-likeness (QED) is 0.343. The van der Waals surface area contributed by atoms with Crippen molar-refractivity contribution in [1.29, 1.82) is 0 Å². The number of benzene rings is 3. The molecular formula is C25H23N3OS. The number of thioether (sulfide) groups is 1. The minimum Gasteiger partial charge on any atom is -0.351 e. The molecule has 5 heteroatoms. The number of carbonyl (C=O) groups excluding carboxylic acids is 1. The molecular weight excluding hydrogens is 390 g/mol. The van der Waals surface area contributed by atoms with Gasteiger partial charge in [0, 0.05) is 17.5 Å². The highest BCUT2D eigenvalue weighted by atomic mass is 32.2. The van der Waals surface area contributed by atoms with Crippen molar-refractivity contribution in [3.63, 3.8) is 0 Å². The number of aryl methyl sites for hydroxylation is 2. The van der Waals surface area contributed by atoms with Crippen molar-refractivity contribution in [1.82, 2.24) is 15.3 Å².